The summed E-state index contributed by atoms with van der Waals surface area (Å²) in [6, 6.07) is 8.08. The SMILES string of the molecule is CC(C1CC1)N(Cc1ccccc1)C(=O)C(F)(F)C(F)F. The lowest BCUT2D eigenvalue weighted by Gasteiger charge is -2.32. The number of carbonyl (C=O) groups excluding carboxylic acids is 1. The minimum absolute atomic E-state index is 0.0837. The molecular weight excluding hydrogens is 286 g/mol. The molecule has 0 radical (unpaired) electrons. The van der Waals surface area contributed by atoms with Gasteiger partial charge < -0.3 is 4.90 Å². The topological polar surface area (TPSA) is 20.3 Å². The molecule has 1 aliphatic rings. The van der Waals surface area contributed by atoms with Gasteiger partial charge in [0.1, 0.15) is 0 Å². The molecule has 0 bridgehead atoms. The number of nitrogens with zero attached hydrogens (tertiary/aromatic N) is 1. The molecule has 2 nitrogen and oxygen atoms in total. The third-order valence-electron chi connectivity index (χ3n) is 3.81. The molecule has 1 aliphatic carbocycles. The Morgan fingerprint density at radius 1 is 1.29 bits per heavy atom. The van der Waals surface area contributed by atoms with Gasteiger partial charge in [-0.25, -0.2) is 8.78 Å². The van der Waals surface area contributed by atoms with Gasteiger partial charge in [0.2, 0.25) is 0 Å². The van der Waals surface area contributed by atoms with Crippen LogP contribution in [0.1, 0.15) is 25.3 Å². The zero-order valence-corrected chi connectivity index (χ0v) is 11.6. The second-order valence-electron chi connectivity index (χ2n) is 5.42. The summed E-state index contributed by atoms with van der Waals surface area (Å²) in [5, 5.41) is 0. The molecule has 0 saturated heterocycles. The molecule has 0 aromatic heterocycles. The van der Waals surface area contributed by atoms with E-state index in [4.69, 9.17) is 0 Å². The zero-order chi connectivity index (χ0) is 15.6. The van der Waals surface area contributed by atoms with Gasteiger partial charge in [0.25, 0.3) is 5.91 Å². The highest BCUT2D eigenvalue weighted by molar-refractivity contribution is 5.84. The van der Waals surface area contributed by atoms with E-state index in [9.17, 15) is 22.4 Å². The summed E-state index contributed by atoms with van der Waals surface area (Å²) >= 11 is 0. The van der Waals surface area contributed by atoms with E-state index in [2.05, 4.69) is 0 Å². The van der Waals surface area contributed by atoms with Gasteiger partial charge in [0, 0.05) is 12.6 Å². The van der Waals surface area contributed by atoms with Gasteiger partial charge in [-0.2, -0.15) is 8.78 Å². The third-order valence-corrected chi connectivity index (χ3v) is 3.81. The van der Waals surface area contributed by atoms with Crippen LogP contribution < -0.4 is 0 Å². The van der Waals surface area contributed by atoms with Gasteiger partial charge in [-0.1, -0.05) is 30.3 Å². The van der Waals surface area contributed by atoms with E-state index in [1.165, 1.54) is 0 Å². The fourth-order valence-electron chi connectivity index (χ4n) is 2.30. The smallest absolute Gasteiger partial charge is 0.330 e. The molecule has 116 valence electrons. The maximum absolute atomic E-state index is 13.4. The van der Waals surface area contributed by atoms with Crippen LogP contribution in [0.15, 0.2) is 30.3 Å². The fraction of sp³-hybridized carbons (Fsp3) is 0.533. The van der Waals surface area contributed by atoms with E-state index < -0.39 is 24.3 Å². The lowest BCUT2D eigenvalue weighted by atomic mass is 10.1. The predicted molar refractivity (Wildman–Crippen MR) is 70.1 cm³/mol. The van der Waals surface area contributed by atoms with Gasteiger partial charge in [-0.3, -0.25) is 4.79 Å². The second-order valence-corrected chi connectivity index (χ2v) is 5.42. The Labute approximate surface area is 120 Å². The van der Waals surface area contributed by atoms with Crippen LogP contribution in [0.4, 0.5) is 17.6 Å². The van der Waals surface area contributed by atoms with Crippen LogP contribution in [0.2, 0.25) is 0 Å². The first-order valence-corrected chi connectivity index (χ1v) is 6.85. The molecule has 1 saturated carbocycles. The van der Waals surface area contributed by atoms with Crippen LogP contribution in [-0.4, -0.2) is 29.2 Å². The van der Waals surface area contributed by atoms with E-state index in [0.717, 1.165) is 17.7 Å². The fourth-order valence-corrected chi connectivity index (χ4v) is 2.30. The minimum atomic E-state index is -4.64. The van der Waals surface area contributed by atoms with E-state index >= 15 is 0 Å². The molecule has 0 spiro atoms. The molecule has 0 heterocycles. The van der Waals surface area contributed by atoms with E-state index in [1.807, 2.05) is 0 Å². The van der Waals surface area contributed by atoms with Crippen molar-refractivity contribution in [1.29, 1.82) is 0 Å². The number of hydrogen-bond acceptors (Lipinski definition) is 1. The number of hydrogen-bond donors (Lipinski definition) is 0. The third kappa shape index (κ3) is 3.54. The molecule has 0 N–H and O–H groups in total. The van der Waals surface area contributed by atoms with Crippen molar-refractivity contribution in [1.82, 2.24) is 4.90 Å². The van der Waals surface area contributed by atoms with Crippen LogP contribution in [0.5, 0.6) is 0 Å². The van der Waals surface area contributed by atoms with Gasteiger partial charge in [0.15, 0.2) is 0 Å². The quantitative estimate of drug-likeness (QED) is 0.734. The Kier molecular flexibility index (Phi) is 4.54. The minimum Gasteiger partial charge on any atom is -0.330 e. The largest absolute Gasteiger partial charge is 0.383 e. The van der Waals surface area contributed by atoms with Crippen molar-refractivity contribution >= 4 is 5.91 Å². The maximum Gasteiger partial charge on any atom is 0.383 e. The van der Waals surface area contributed by atoms with Crippen molar-refractivity contribution in [3.63, 3.8) is 0 Å². The summed E-state index contributed by atoms with van der Waals surface area (Å²) in [6.45, 7) is 1.56. The second kappa shape index (κ2) is 6.03. The van der Waals surface area contributed by atoms with E-state index in [1.54, 1.807) is 37.3 Å². The number of halogens is 4. The van der Waals surface area contributed by atoms with Gasteiger partial charge >= 0.3 is 12.3 Å². The summed E-state index contributed by atoms with van der Waals surface area (Å²) in [4.78, 5) is 12.8. The van der Waals surface area contributed by atoms with Crippen molar-refractivity contribution in [2.45, 2.75) is 44.7 Å². The molecule has 6 heteroatoms. The van der Waals surface area contributed by atoms with Gasteiger partial charge in [-0.05, 0) is 31.2 Å². The Bertz CT molecular complexity index is 488. The van der Waals surface area contributed by atoms with Crippen molar-refractivity contribution in [3.05, 3.63) is 35.9 Å². The Morgan fingerprint density at radius 2 is 1.86 bits per heavy atom. The van der Waals surface area contributed by atoms with Crippen molar-refractivity contribution in [3.8, 4) is 0 Å². The van der Waals surface area contributed by atoms with Crippen LogP contribution in [-0.2, 0) is 11.3 Å². The number of carbonyl (C=O) groups is 1. The number of rotatable bonds is 6. The van der Waals surface area contributed by atoms with Gasteiger partial charge in [-0.15, -0.1) is 0 Å². The number of amides is 1. The Morgan fingerprint density at radius 3 is 2.33 bits per heavy atom. The molecule has 0 aliphatic heterocycles. The molecule has 21 heavy (non-hydrogen) atoms. The first kappa shape index (κ1) is 15.8. The molecule has 1 amide bonds. The monoisotopic (exact) mass is 303 g/mol. The Balaban J connectivity index is 2.21. The summed E-state index contributed by atoms with van der Waals surface area (Å²) in [6.07, 6.45) is -2.32. The van der Waals surface area contributed by atoms with Crippen molar-refractivity contribution in [2.24, 2.45) is 5.92 Å². The predicted octanol–water partition coefficient (Wildman–Crippen LogP) is 3.71. The normalized spacial score (nSPS) is 16.9. The molecule has 1 fully saturated rings. The maximum atomic E-state index is 13.4. The zero-order valence-electron chi connectivity index (χ0n) is 11.6. The Hall–Kier alpha value is -1.59. The summed E-state index contributed by atoms with van der Waals surface area (Å²) in [7, 11) is 0. The summed E-state index contributed by atoms with van der Waals surface area (Å²) in [5.41, 5.74) is 0.642. The number of alkyl halides is 4. The van der Waals surface area contributed by atoms with Gasteiger partial charge in [0.05, 0.1) is 0 Å². The average molecular weight is 303 g/mol. The van der Waals surface area contributed by atoms with Crippen LogP contribution >= 0.6 is 0 Å². The van der Waals surface area contributed by atoms with Crippen LogP contribution in [0.25, 0.3) is 0 Å². The van der Waals surface area contributed by atoms with Crippen LogP contribution in [0.3, 0.4) is 0 Å². The average Bonchev–Trinajstić information content (AvgIpc) is 3.28. The van der Waals surface area contributed by atoms with Crippen molar-refractivity contribution in [2.75, 3.05) is 0 Å². The molecule has 1 aromatic carbocycles. The van der Waals surface area contributed by atoms with Crippen molar-refractivity contribution < 1.29 is 22.4 Å². The summed E-state index contributed by atoms with van der Waals surface area (Å²) < 4.78 is 51.7. The molecule has 2 rings (SSSR count). The lowest BCUT2D eigenvalue weighted by molar-refractivity contribution is -0.183. The molecule has 1 aromatic rings. The standard InChI is InChI=1S/C15H17F4NO/c1-10(12-7-8-12)20(9-11-5-3-2-4-6-11)14(21)15(18,19)13(16)17/h2-6,10,12-13H,7-9H2,1H3. The van der Waals surface area contributed by atoms with E-state index in [0.29, 0.717) is 5.56 Å². The number of benzene rings is 1. The summed E-state index contributed by atoms with van der Waals surface area (Å²) in [5.74, 6) is -6.32. The molecule has 1 unspecified atom stereocenters. The highest BCUT2D eigenvalue weighted by Crippen LogP contribution is 2.37. The van der Waals surface area contributed by atoms with E-state index in [-0.39, 0.29) is 12.5 Å². The lowest BCUT2D eigenvalue weighted by Crippen LogP contribution is -2.51. The first-order valence-electron chi connectivity index (χ1n) is 6.85. The molecular formula is C15H17F4NO. The first-order chi connectivity index (χ1) is 9.84. The highest BCUT2D eigenvalue weighted by atomic mass is 19.3. The van der Waals surface area contributed by atoms with Crippen LogP contribution in [0, 0.1) is 5.92 Å². The highest BCUT2D eigenvalue weighted by Gasteiger charge is 2.53. The molecule has 1 atom stereocenters.